The van der Waals surface area contributed by atoms with Gasteiger partial charge < -0.3 is 4.74 Å². The van der Waals surface area contributed by atoms with E-state index in [9.17, 15) is 9.59 Å². The van der Waals surface area contributed by atoms with Crippen LogP contribution in [0.3, 0.4) is 0 Å². The highest BCUT2D eigenvalue weighted by Gasteiger charge is 2.53. The maximum absolute atomic E-state index is 12.5. The topological polar surface area (TPSA) is 43.4 Å². The molecule has 0 aromatic heterocycles. The number of esters is 1. The van der Waals surface area contributed by atoms with Gasteiger partial charge in [-0.1, -0.05) is 19.1 Å². The van der Waals surface area contributed by atoms with Crippen LogP contribution in [0.4, 0.5) is 0 Å². The summed E-state index contributed by atoms with van der Waals surface area (Å²) in [7, 11) is 0. The fourth-order valence-electron chi connectivity index (χ4n) is 3.45. The number of ether oxygens (including phenoxy) is 1. The molecule has 3 nitrogen and oxygen atoms in total. The molecular formula is C16H24O3. The van der Waals surface area contributed by atoms with Gasteiger partial charge in [0.25, 0.3) is 0 Å². The van der Waals surface area contributed by atoms with E-state index in [1.54, 1.807) is 0 Å². The second-order valence-electron chi connectivity index (χ2n) is 7.55. The van der Waals surface area contributed by atoms with Crippen molar-refractivity contribution in [1.29, 1.82) is 0 Å². The molecule has 0 saturated heterocycles. The lowest BCUT2D eigenvalue weighted by Crippen LogP contribution is -2.50. The molecule has 19 heavy (non-hydrogen) atoms. The van der Waals surface area contributed by atoms with Crippen LogP contribution in [0.15, 0.2) is 12.2 Å². The molecule has 0 amide bonds. The van der Waals surface area contributed by atoms with Gasteiger partial charge in [-0.15, -0.1) is 0 Å². The number of rotatable bonds is 1. The van der Waals surface area contributed by atoms with Gasteiger partial charge in [0.2, 0.25) is 0 Å². The summed E-state index contributed by atoms with van der Waals surface area (Å²) in [6.45, 7) is 9.56. The van der Waals surface area contributed by atoms with Crippen molar-refractivity contribution < 1.29 is 14.3 Å². The number of Topliss-reactive ketones (excluding diaryl/α,β-unsaturated/α-hetero) is 1. The van der Waals surface area contributed by atoms with E-state index in [0.29, 0.717) is 12.8 Å². The summed E-state index contributed by atoms with van der Waals surface area (Å²) in [5.74, 6) is -0.0491. The SMILES string of the molecule is CC(C)(C)OC(=O)[C@@H]1CC2(C)C=CCC(C)(C1)C2=O. The van der Waals surface area contributed by atoms with E-state index in [4.69, 9.17) is 4.74 Å². The maximum atomic E-state index is 12.5. The molecule has 3 atom stereocenters. The van der Waals surface area contributed by atoms with Crippen LogP contribution in [0, 0.1) is 16.7 Å². The van der Waals surface area contributed by atoms with Crippen molar-refractivity contribution in [3.63, 3.8) is 0 Å². The van der Waals surface area contributed by atoms with Gasteiger partial charge >= 0.3 is 5.97 Å². The van der Waals surface area contributed by atoms with Crippen LogP contribution in [0.2, 0.25) is 0 Å². The lowest BCUT2D eigenvalue weighted by atomic mass is 9.55. The average Bonchev–Trinajstić information content (AvgIpc) is 2.20. The fourth-order valence-corrected chi connectivity index (χ4v) is 3.45. The van der Waals surface area contributed by atoms with Gasteiger partial charge in [-0.25, -0.2) is 0 Å². The molecule has 1 saturated carbocycles. The van der Waals surface area contributed by atoms with Crippen molar-refractivity contribution in [3.05, 3.63) is 12.2 Å². The zero-order valence-corrected chi connectivity index (χ0v) is 12.6. The first-order valence-corrected chi connectivity index (χ1v) is 7.01. The number of hydrogen-bond acceptors (Lipinski definition) is 3. The summed E-state index contributed by atoms with van der Waals surface area (Å²) in [6, 6.07) is 0. The van der Waals surface area contributed by atoms with Crippen molar-refractivity contribution >= 4 is 11.8 Å². The van der Waals surface area contributed by atoms with Crippen LogP contribution < -0.4 is 0 Å². The van der Waals surface area contributed by atoms with Crippen LogP contribution in [0.5, 0.6) is 0 Å². The van der Waals surface area contributed by atoms with Gasteiger partial charge in [0.15, 0.2) is 0 Å². The van der Waals surface area contributed by atoms with Crippen LogP contribution >= 0.6 is 0 Å². The summed E-state index contributed by atoms with van der Waals surface area (Å²) in [5, 5.41) is 0. The zero-order valence-electron chi connectivity index (χ0n) is 12.6. The molecule has 2 rings (SSSR count). The highest BCUT2D eigenvalue weighted by molar-refractivity contribution is 5.95. The predicted octanol–water partition coefficient (Wildman–Crippen LogP) is 3.28. The quantitative estimate of drug-likeness (QED) is 0.539. The largest absolute Gasteiger partial charge is 0.460 e. The van der Waals surface area contributed by atoms with Gasteiger partial charge in [-0.05, 0) is 47.0 Å². The number of allylic oxidation sites excluding steroid dienone is 2. The first kappa shape index (κ1) is 14.3. The predicted molar refractivity (Wildman–Crippen MR) is 73.5 cm³/mol. The average molecular weight is 264 g/mol. The minimum Gasteiger partial charge on any atom is -0.460 e. The lowest BCUT2D eigenvalue weighted by Gasteiger charge is -2.47. The summed E-state index contributed by atoms with van der Waals surface area (Å²) >= 11 is 0. The molecule has 2 unspecified atom stereocenters. The number of carbonyl (C=O) groups is 2. The molecule has 2 bridgehead atoms. The standard InChI is InChI=1S/C16H24O3/c1-14(2,3)19-12(17)11-9-15(4)7-6-8-16(5,10-11)13(15)18/h6-7,11H,8-10H2,1-5H3/t11-,15?,16?/m1/s1. The van der Waals surface area contributed by atoms with E-state index in [2.05, 4.69) is 6.08 Å². The third-order valence-corrected chi connectivity index (χ3v) is 4.23. The van der Waals surface area contributed by atoms with E-state index in [0.717, 1.165) is 6.42 Å². The first-order chi connectivity index (χ1) is 8.56. The number of carbonyl (C=O) groups excluding carboxylic acids is 2. The summed E-state index contributed by atoms with van der Waals surface area (Å²) in [6.07, 6.45) is 5.99. The molecule has 0 aromatic rings. The van der Waals surface area contributed by atoms with E-state index < -0.39 is 16.4 Å². The Hall–Kier alpha value is -1.12. The summed E-state index contributed by atoms with van der Waals surface area (Å²) < 4.78 is 5.49. The van der Waals surface area contributed by atoms with Crippen LogP contribution in [-0.2, 0) is 14.3 Å². The smallest absolute Gasteiger partial charge is 0.309 e. The second kappa shape index (κ2) is 4.19. The molecule has 0 aliphatic heterocycles. The Morgan fingerprint density at radius 1 is 1.32 bits per heavy atom. The van der Waals surface area contributed by atoms with Gasteiger partial charge in [-0.2, -0.15) is 0 Å². The summed E-state index contributed by atoms with van der Waals surface area (Å²) in [5.41, 5.74) is -1.36. The molecule has 0 N–H and O–H groups in total. The zero-order chi connectivity index (χ0) is 14.5. The monoisotopic (exact) mass is 264 g/mol. The molecule has 106 valence electrons. The number of ketones is 1. The lowest BCUT2D eigenvalue weighted by molar-refractivity contribution is -0.166. The fraction of sp³-hybridized carbons (Fsp3) is 0.750. The van der Waals surface area contributed by atoms with Crippen molar-refractivity contribution in [1.82, 2.24) is 0 Å². The molecule has 0 heterocycles. The van der Waals surface area contributed by atoms with Crippen LogP contribution in [0.25, 0.3) is 0 Å². The van der Waals surface area contributed by atoms with Crippen molar-refractivity contribution in [2.24, 2.45) is 16.7 Å². The molecular weight excluding hydrogens is 240 g/mol. The van der Waals surface area contributed by atoms with Gasteiger partial charge in [0.1, 0.15) is 11.4 Å². The Morgan fingerprint density at radius 3 is 2.47 bits per heavy atom. The normalized spacial score (nSPS) is 38.2. The van der Waals surface area contributed by atoms with Crippen molar-refractivity contribution in [3.8, 4) is 0 Å². The molecule has 0 radical (unpaired) electrons. The second-order valence-corrected chi connectivity index (χ2v) is 7.55. The Kier molecular flexibility index (Phi) is 3.15. The molecule has 2 aliphatic rings. The molecule has 2 aliphatic carbocycles. The Morgan fingerprint density at radius 2 is 1.95 bits per heavy atom. The van der Waals surface area contributed by atoms with Gasteiger partial charge in [-0.3, -0.25) is 9.59 Å². The molecule has 0 spiro atoms. The van der Waals surface area contributed by atoms with Crippen molar-refractivity contribution in [2.45, 2.75) is 59.5 Å². The van der Waals surface area contributed by atoms with Crippen LogP contribution in [0.1, 0.15) is 53.9 Å². The molecule has 3 heteroatoms. The highest BCUT2D eigenvalue weighted by atomic mass is 16.6. The minimum atomic E-state index is -0.493. The van der Waals surface area contributed by atoms with Gasteiger partial charge in [0, 0.05) is 10.8 Å². The Balaban J connectivity index is 2.22. The molecule has 1 fully saturated rings. The Labute approximate surface area is 115 Å². The number of fused-ring (bicyclic) bond motifs is 2. The first-order valence-electron chi connectivity index (χ1n) is 7.01. The van der Waals surface area contributed by atoms with Crippen LogP contribution in [-0.4, -0.2) is 17.4 Å². The highest BCUT2D eigenvalue weighted by Crippen LogP contribution is 2.51. The summed E-state index contributed by atoms with van der Waals surface area (Å²) in [4.78, 5) is 24.8. The third kappa shape index (κ3) is 2.60. The van der Waals surface area contributed by atoms with E-state index in [-0.39, 0.29) is 17.7 Å². The van der Waals surface area contributed by atoms with Crippen molar-refractivity contribution in [2.75, 3.05) is 0 Å². The minimum absolute atomic E-state index is 0.159. The van der Waals surface area contributed by atoms with E-state index >= 15 is 0 Å². The van der Waals surface area contributed by atoms with Gasteiger partial charge in [0.05, 0.1) is 5.92 Å². The number of hydrogen-bond donors (Lipinski definition) is 0. The van der Waals surface area contributed by atoms with E-state index in [1.165, 1.54) is 0 Å². The molecule has 0 aromatic carbocycles. The Bertz CT molecular complexity index is 443. The van der Waals surface area contributed by atoms with E-state index in [1.807, 2.05) is 40.7 Å². The maximum Gasteiger partial charge on any atom is 0.309 e. The third-order valence-electron chi connectivity index (χ3n) is 4.23.